The molecule has 0 unspecified atom stereocenters. The van der Waals surface area contributed by atoms with Gasteiger partial charge >= 0.3 is 10.1 Å². The van der Waals surface area contributed by atoms with E-state index in [0.29, 0.717) is 4.88 Å². The van der Waals surface area contributed by atoms with Crippen molar-refractivity contribution in [2.24, 2.45) is 4.99 Å². The topological polar surface area (TPSA) is 147 Å². The highest BCUT2D eigenvalue weighted by Crippen LogP contribution is 2.17. The van der Waals surface area contributed by atoms with Crippen molar-refractivity contribution in [2.75, 3.05) is 7.05 Å². The van der Waals surface area contributed by atoms with Gasteiger partial charge < -0.3 is 5.32 Å². The summed E-state index contributed by atoms with van der Waals surface area (Å²) < 4.78 is 29.8. The minimum atomic E-state index is -4.32. The van der Waals surface area contributed by atoms with Crippen LogP contribution in [0.1, 0.15) is 4.88 Å². The average molecular weight is 295 g/mol. The standard InChI is InChI=1S/C6H9N5O5S2/c1-7-5(10-11(12)13)8-2-4-3-9-6(17-4)18(14,15)16/h3H,2H2,1H3,(H2,7,8,10)(H,14,15,16). The summed E-state index contributed by atoms with van der Waals surface area (Å²) in [4.78, 5) is 17.7. The molecule has 0 aliphatic heterocycles. The lowest BCUT2D eigenvalue weighted by atomic mass is 10.5. The molecule has 0 aromatic carbocycles. The van der Waals surface area contributed by atoms with E-state index in [9.17, 15) is 18.5 Å². The molecule has 18 heavy (non-hydrogen) atoms. The lowest BCUT2D eigenvalue weighted by Crippen LogP contribution is -2.39. The molecule has 1 rings (SSSR count). The molecule has 3 N–H and O–H groups in total. The molecule has 1 aromatic heterocycles. The van der Waals surface area contributed by atoms with Gasteiger partial charge in [0.05, 0.1) is 6.54 Å². The fourth-order valence-electron chi connectivity index (χ4n) is 0.916. The van der Waals surface area contributed by atoms with Crippen LogP contribution in [0.5, 0.6) is 0 Å². The summed E-state index contributed by atoms with van der Waals surface area (Å²) in [6.45, 7) is 0.0840. The second-order valence-electron chi connectivity index (χ2n) is 2.86. The van der Waals surface area contributed by atoms with Gasteiger partial charge in [-0.3, -0.25) is 9.55 Å². The van der Waals surface area contributed by atoms with Gasteiger partial charge in [0.1, 0.15) is 0 Å². The minimum Gasteiger partial charge on any atom is -0.347 e. The zero-order valence-corrected chi connectivity index (χ0v) is 10.7. The van der Waals surface area contributed by atoms with Crippen LogP contribution < -0.4 is 10.7 Å². The number of rotatable bonds is 4. The van der Waals surface area contributed by atoms with Crippen LogP contribution in [0.2, 0.25) is 0 Å². The lowest BCUT2D eigenvalue weighted by molar-refractivity contribution is -0.525. The van der Waals surface area contributed by atoms with Crippen molar-refractivity contribution in [1.29, 1.82) is 0 Å². The number of thiazole rings is 1. The number of aliphatic imine (C=N–C) groups is 1. The van der Waals surface area contributed by atoms with Crippen molar-refractivity contribution in [2.45, 2.75) is 10.9 Å². The van der Waals surface area contributed by atoms with Gasteiger partial charge in [-0.1, -0.05) is 5.43 Å². The monoisotopic (exact) mass is 295 g/mol. The Hall–Kier alpha value is -1.79. The molecular weight excluding hydrogens is 286 g/mol. The third-order valence-electron chi connectivity index (χ3n) is 1.60. The normalized spacial score (nSPS) is 12.2. The maximum Gasteiger partial charge on any atom is 0.322 e. The van der Waals surface area contributed by atoms with E-state index < -0.39 is 19.5 Å². The van der Waals surface area contributed by atoms with E-state index in [1.165, 1.54) is 13.2 Å². The fourth-order valence-corrected chi connectivity index (χ4v) is 2.42. The predicted octanol–water partition coefficient (Wildman–Crippen LogP) is -0.754. The number of nitrogens with one attached hydrogen (secondary N) is 2. The van der Waals surface area contributed by atoms with Gasteiger partial charge in [-0.15, -0.1) is 11.3 Å². The molecule has 0 saturated heterocycles. The maximum absolute atomic E-state index is 10.7. The van der Waals surface area contributed by atoms with Gasteiger partial charge in [-0.2, -0.15) is 8.42 Å². The van der Waals surface area contributed by atoms with Crippen LogP contribution >= 0.6 is 11.3 Å². The summed E-state index contributed by atoms with van der Waals surface area (Å²) in [6.07, 6.45) is 1.24. The highest BCUT2D eigenvalue weighted by molar-refractivity contribution is 7.88. The van der Waals surface area contributed by atoms with Crippen molar-refractivity contribution < 1.29 is 18.0 Å². The molecule has 1 heterocycles. The Kier molecular flexibility index (Phi) is 4.52. The van der Waals surface area contributed by atoms with Gasteiger partial charge in [0, 0.05) is 18.1 Å². The molecule has 0 aliphatic rings. The molecule has 0 atom stereocenters. The van der Waals surface area contributed by atoms with E-state index in [1.54, 1.807) is 0 Å². The minimum absolute atomic E-state index is 0.0817. The highest BCUT2D eigenvalue weighted by atomic mass is 32.3. The summed E-state index contributed by atoms with van der Waals surface area (Å²) in [6, 6.07) is 0. The molecule has 10 nitrogen and oxygen atoms in total. The van der Waals surface area contributed by atoms with E-state index in [1.807, 2.05) is 5.43 Å². The zero-order chi connectivity index (χ0) is 13.8. The van der Waals surface area contributed by atoms with Gasteiger partial charge in [0.25, 0.3) is 5.96 Å². The molecule has 0 bridgehead atoms. The Bertz CT molecular complexity index is 565. The first-order chi connectivity index (χ1) is 8.32. The highest BCUT2D eigenvalue weighted by Gasteiger charge is 2.15. The number of nitro groups is 1. The molecule has 0 amide bonds. The van der Waals surface area contributed by atoms with Gasteiger partial charge in [-0.05, 0) is 0 Å². The second kappa shape index (κ2) is 5.70. The number of hydrogen-bond donors (Lipinski definition) is 3. The third-order valence-corrected chi connectivity index (χ3v) is 3.82. The quantitative estimate of drug-likeness (QED) is 0.216. The molecular formula is C6H9N5O5S2. The molecule has 0 saturated carbocycles. The molecule has 12 heteroatoms. The Morgan fingerprint density at radius 2 is 2.39 bits per heavy atom. The summed E-state index contributed by atoms with van der Waals surface area (Å²) in [5.74, 6) is -0.0817. The van der Waals surface area contributed by atoms with E-state index >= 15 is 0 Å². The summed E-state index contributed by atoms with van der Waals surface area (Å²) in [7, 11) is -2.98. The zero-order valence-electron chi connectivity index (χ0n) is 9.02. The van der Waals surface area contributed by atoms with Gasteiger partial charge in [-0.25, -0.2) is 15.1 Å². The molecule has 0 fully saturated rings. The Morgan fingerprint density at radius 3 is 2.83 bits per heavy atom. The van der Waals surface area contributed by atoms with Crippen LogP contribution in [0.3, 0.4) is 0 Å². The molecule has 0 aliphatic carbocycles. The molecule has 100 valence electrons. The Balaban J connectivity index is 2.64. The SMILES string of the molecule is CN=C(NCc1cnc(S(=O)(=O)O)s1)N[N+](=O)[O-]. The van der Waals surface area contributed by atoms with Crippen molar-refractivity contribution in [3.05, 3.63) is 21.2 Å². The lowest BCUT2D eigenvalue weighted by Gasteiger charge is -2.03. The number of nitrogens with zero attached hydrogens (tertiary/aromatic N) is 3. The van der Waals surface area contributed by atoms with Crippen LogP contribution in [-0.4, -0.2) is 36.0 Å². The van der Waals surface area contributed by atoms with Crippen LogP contribution in [-0.2, 0) is 16.7 Å². The molecule has 0 spiro atoms. The van der Waals surface area contributed by atoms with Crippen molar-refractivity contribution >= 4 is 27.4 Å². The fraction of sp³-hybridized carbons (Fsp3) is 0.333. The first-order valence-electron chi connectivity index (χ1n) is 4.37. The number of aromatic nitrogens is 1. The molecule has 1 aromatic rings. The van der Waals surface area contributed by atoms with Crippen LogP contribution in [0.4, 0.5) is 0 Å². The largest absolute Gasteiger partial charge is 0.347 e. The van der Waals surface area contributed by atoms with E-state index in [-0.39, 0.29) is 12.5 Å². The Morgan fingerprint density at radius 1 is 1.72 bits per heavy atom. The van der Waals surface area contributed by atoms with E-state index in [2.05, 4.69) is 15.3 Å². The third kappa shape index (κ3) is 4.23. The van der Waals surface area contributed by atoms with Crippen molar-refractivity contribution in [3.8, 4) is 0 Å². The number of hydrogen-bond acceptors (Lipinski definition) is 7. The van der Waals surface area contributed by atoms with Crippen LogP contribution in [0.25, 0.3) is 0 Å². The number of guanidine groups is 1. The summed E-state index contributed by atoms with van der Waals surface area (Å²) in [5.41, 5.74) is 1.81. The number of hydrazine groups is 1. The van der Waals surface area contributed by atoms with Crippen molar-refractivity contribution in [1.82, 2.24) is 15.7 Å². The summed E-state index contributed by atoms with van der Waals surface area (Å²) in [5, 5.41) is 12.0. The Labute approximate surface area is 106 Å². The van der Waals surface area contributed by atoms with Crippen molar-refractivity contribution in [3.63, 3.8) is 0 Å². The van der Waals surface area contributed by atoms with Gasteiger partial charge in [0.2, 0.25) is 4.34 Å². The van der Waals surface area contributed by atoms with E-state index in [4.69, 9.17) is 4.55 Å². The first kappa shape index (κ1) is 14.3. The van der Waals surface area contributed by atoms with Crippen LogP contribution in [0.15, 0.2) is 15.5 Å². The first-order valence-corrected chi connectivity index (χ1v) is 6.62. The average Bonchev–Trinajstić information content (AvgIpc) is 2.71. The predicted molar refractivity (Wildman–Crippen MR) is 62.3 cm³/mol. The maximum atomic E-state index is 10.7. The molecule has 0 radical (unpaired) electrons. The van der Waals surface area contributed by atoms with E-state index in [0.717, 1.165) is 11.3 Å². The van der Waals surface area contributed by atoms with Gasteiger partial charge in [0.15, 0.2) is 5.03 Å². The smallest absolute Gasteiger partial charge is 0.322 e. The van der Waals surface area contributed by atoms with Crippen LogP contribution in [0, 0.1) is 10.1 Å². The summed E-state index contributed by atoms with van der Waals surface area (Å²) >= 11 is 0.747. The second-order valence-corrected chi connectivity index (χ2v) is 5.57.